The number of fused-ring (bicyclic) bond motifs is 1. The van der Waals surface area contributed by atoms with Crippen molar-refractivity contribution in [3.05, 3.63) is 53.5 Å². The molecule has 29 heavy (non-hydrogen) atoms. The molecule has 0 spiro atoms. The number of amides is 1. The Hall–Kier alpha value is -3.24. The molecular formula is C18H13F5N4O2. The van der Waals surface area contributed by atoms with E-state index in [4.69, 9.17) is 0 Å². The SMILES string of the molecule is O=C(Nc1ccccc1OC(F)F)c1cnn2c(C(F)(F)F)cc(C3CC3)nc12. The summed E-state index contributed by atoms with van der Waals surface area (Å²) in [4.78, 5) is 16.8. The molecule has 0 atom stereocenters. The molecule has 0 bridgehead atoms. The van der Waals surface area contributed by atoms with Gasteiger partial charge >= 0.3 is 12.8 Å². The molecule has 1 N–H and O–H groups in total. The Balaban J connectivity index is 1.73. The van der Waals surface area contributed by atoms with Crippen molar-refractivity contribution in [2.45, 2.75) is 31.5 Å². The van der Waals surface area contributed by atoms with Gasteiger partial charge < -0.3 is 10.1 Å². The lowest BCUT2D eigenvalue weighted by molar-refractivity contribution is -0.142. The Morgan fingerprint density at radius 2 is 1.97 bits per heavy atom. The largest absolute Gasteiger partial charge is 0.433 e. The first-order chi connectivity index (χ1) is 13.7. The van der Waals surface area contributed by atoms with Crippen LogP contribution >= 0.6 is 0 Å². The summed E-state index contributed by atoms with van der Waals surface area (Å²) in [6.07, 6.45) is -2.30. The van der Waals surface area contributed by atoms with E-state index in [1.807, 2.05) is 0 Å². The molecule has 0 radical (unpaired) electrons. The van der Waals surface area contributed by atoms with Crippen LogP contribution in [0.3, 0.4) is 0 Å². The van der Waals surface area contributed by atoms with Crippen LogP contribution in [0.25, 0.3) is 5.65 Å². The molecule has 2 heterocycles. The predicted molar refractivity (Wildman–Crippen MR) is 91.0 cm³/mol. The van der Waals surface area contributed by atoms with Crippen LogP contribution in [0.15, 0.2) is 36.5 Å². The van der Waals surface area contributed by atoms with Crippen molar-refractivity contribution in [1.29, 1.82) is 0 Å². The molecule has 1 aliphatic carbocycles. The minimum Gasteiger partial charge on any atom is -0.433 e. The lowest BCUT2D eigenvalue weighted by Crippen LogP contribution is -2.16. The van der Waals surface area contributed by atoms with Gasteiger partial charge in [0, 0.05) is 11.6 Å². The predicted octanol–water partition coefficient (Wildman–Crippen LogP) is 4.48. The second kappa shape index (κ2) is 6.98. The van der Waals surface area contributed by atoms with E-state index in [1.54, 1.807) is 0 Å². The van der Waals surface area contributed by atoms with Crippen molar-refractivity contribution in [2.24, 2.45) is 0 Å². The molecule has 6 nitrogen and oxygen atoms in total. The summed E-state index contributed by atoms with van der Waals surface area (Å²) in [5.74, 6) is -1.22. The van der Waals surface area contributed by atoms with Crippen molar-refractivity contribution in [2.75, 3.05) is 5.32 Å². The maximum atomic E-state index is 13.4. The van der Waals surface area contributed by atoms with E-state index in [1.165, 1.54) is 24.3 Å². The number of ether oxygens (including phenoxy) is 1. The Morgan fingerprint density at radius 3 is 2.62 bits per heavy atom. The van der Waals surface area contributed by atoms with Crippen LogP contribution in [0.2, 0.25) is 0 Å². The highest BCUT2D eigenvalue weighted by Gasteiger charge is 2.38. The number of rotatable bonds is 5. The van der Waals surface area contributed by atoms with Gasteiger partial charge in [0.2, 0.25) is 0 Å². The molecule has 0 saturated heterocycles. The Labute approximate surface area is 160 Å². The van der Waals surface area contributed by atoms with Gasteiger partial charge in [0.05, 0.1) is 11.9 Å². The van der Waals surface area contributed by atoms with Gasteiger partial charge in [-0.3, -0.25) is 4.79 Å². The van der Waals surface area contributed by atoms with Gasteiger partial charge in [0.1, 0.15) is 17.0 Å². The Kier molecular flexibility index (Phi) is 4.59. The molecule has 0 unspecified atom stereocenters. The zero-order valence-electron chi connectivity index (χ0n) is 14.6. The number of hydrogen-bond donors (Lipinski definition) is 1. The van der Waals surface area contributed by atoms with Gasteiger partial charge in [0.15, 0.2) is 5.65 Å². The summed E-state index contributed by atoms with van der Waals surface area (Å²) in [7, 11) is 0. The number of nitrogens with zero attached hydrogens (tertiary/aromatic N) is 3. The maximum Gasteiger partial charge on any atom is 0.433 e. The summed E-state index contributed by atoms with van der Waals surface area (Å²) in [5.41, 5.74) is -1.34. The maximum absolute atomic E-state index is 13.4. The molecule has 1 fully saturated rings. The molecular weight excluding hydrogens is 399 g/mol. The van der Waals surface area contributed by atoms with Crippen LogP contribution < -0.4 is 10.1 Å². The zero-order chi connectivity index (χ0) is 20.8. The van der Waals surface area contributed by atoms with Crippen LogP contribution in [0.5, 0.6) is 5.75 Å². The molecule has 1 aromatic carbocycles. The fraction of sp³-hybridized carbons (Fsp3) is 0.278. The number of hydrogen-bond acceptors (Lipinski definition) is 4. The van der Waals surface area contributed by atoms with Crippen LogP contribution in [-0.4, -0.2) is 27.1 Å². The summed E-state index contributed by atoms with van der Waals surface area (Å²) in [5, 5.41) is 6.02. The standard InChI is InChI=1S/C18H13F5N4O2/c19-17(20)29-13-4-2-1-3-11(13)26-16(28)10-8-24-27-14(18(21,22)23)7-12(9-5-6-9)25-15(10)27/h1-4,7-9,17H,5-6H2,(H,26,28). The molecule has 1 saturated carbocycles. The summed E-state index contributed by atoms with van der Waals surface area (Å²) < 4.78 is 70.3. The van der Waals surface area contributed by atoms with Crippen LogP contribution in [0, 0.1) is 0 Å². The second-order valence-corrected chi connectivity index (χ2v) is 6.46. The molecule has 1 aliphatic rings. The minimum atomic E-state index is -4.69. The minimum absolute atomic E-state index is 0.0634. The van der Waals surface area contributed by atoms with Crippen LogP contribution in [0.1, 0.15) is 40.5 Å². The third-order valence-corrected chi connectivity index (χ3v) is 4.37. The van der Waals surface area contributed by atoms with Gasteiger partial charge in [-0.15, -0.1) is 0 Å². The number of carbonyl (C=O) groups excluding carboxylic acids is 1. The van der Waals surface area contributed by atoms with Crippen molar-refractivity contribution in [3.8, 4) is 5.75 Å². The quantitative estimate of drug-likeness (QED) is 0.628. The first-order valence-electron chi connectivity index (χ1n) is 8.55. The van der Waals surface area contributed by atoms with Gasteiger partial charge in [-0.2, -0.15) is 27.1 Å². The third kappa shape index (κ3) is 3.84. The number of anilines is 1. The van der Waals surface area contributed by atoms with Crippen LogP contribution in [-0.2, 0) is 6.18 Å². The highest BCUT2D eigenvalue weighted by atomic mass is 19.4. The molecule has 2 aromatic heterocycles. The average molecular weight is 412 g/mol. The number of alkyl halides is 5. The summed E-state index contributed by atoms with van der Waals surface area (Å²) >= 11 is 0. The fourth-order valence-electron chi connectivity index (χ4n) is 2.89. The van der Waals surface area contributed by atoms with E-state index in [0.717, 1.165) is 12.3 Å². The van der Waals surface area contributed by atoms with Gasteiger partial charge in [-0.25, -0.2) is 9.50 Å². The summed E-state index contributed by atoms with van der Waals surface area (Å²) in [6, 6.07) is 6.40. The van der Waals surface area contributed by atoms with Crippen molar-refractivity contribution in [1.82, 2.24) is 14.6 Å². The van der Waals surface area contributed by atoms with Crippen molar-refractivity contribution < 1.29 is 31.5 Å². The molecule has 4 rings (SSSR count). The van der Waals surface area contributed by atoms with E-state index >= 15 is 0 Å². The first kappa shape index (κ1) is 19.1. The van der Waals surface area contributed by atoms with E-state index in [0.29, 0.717) is 17.4 Å². The van der Waals surface area contributed by atoms with E-state index in [-0.39, 0.29) is 34.3 Å². The zero-order valence-corrected chi connectivity index (χ0v) is 14.6. The van der Waals surface area contributed by atoms with Crippen molar-refractivity contribution in [3.63, 3.8) is 0 Å². The molecule has 1 amide bonds. The lowest BCUT2D eigenvalue weighted by Gasteiger charge is -2.12. The van der Waals surface area contributed by atoms with Crippen LogP contribution in [0.4, 0.5) is 27.6 Å². The highest BCUT2D eigenvalue weighted by molar-refractivity contribution is 6.08. The second-order valence-electron chi connectivity index (χ2n) is 6.46. The average Bonchev–Trinajstić information content (AvgIpc) is 3.40. The molecule has 152 valence electrons. The number of aromatic nitrogens is 3. The van der Waals surface area contributed by atoms with E-state index in [9.17, 15) is 26.7 Å². The fourth-order valence-corrected chi connectivity index (χ4v) is 2.89. The van der Waals surface area contributed by atoms with Crippen molar-refractivity contribution >= 4 is 17.2 Å². The number of nitrogens with one attached hydrogen (secondary N) is 1. The summed E-state index contributed by atoms with van der Waals surface area (Å²) in [6.45, 7) is -3.11. The van der Waals surface area contributed by atoms with Gasteiger partial charge in [0.25, 0.3) is 5.91 Å². The van der Waals surface area contributed by atoms with E-state index < -0.39 is 24.4 Å². The number of halogens is 5. The normalized spacial score (nSPS) is 14.4. The monoisotopic (exact) mass is 412 g/mol. The Morgan fingerprint density at radius 1 is 1.24 bits per heavy atom. The number of benzene rings is 1. The highest BCUT2D eigenvalue weighted by Crippen LogP contribution is 2.41. The Bertz CT molecular complexity index is 1080. The topological polar surface area (TPSA) is 68.5 Å². The third-order valence-electron chi connectivity index (χ3n) is 4.37. The number of para-hydroxylation sites is 2. The molecule has 0 aliphatic heterocycles. The molecule has 11 heteroatoms. The molecule has 3 aromatic rings. The van der Waals surface area contributed by atoms with E-state index in [2.05, 4.69) is 20.1 Å². The van der Waals surface area contributed by atoms with Gasteiger partial charge in [-0.1, -0.05) is 12.1 Å². The smallest absolute Gasteiger partial charge is 0.433 e. The number of carbonyl (C=O) groups is 1. The van der Waals surface area contributed by atoms with Gasteiger partial charge in [-0.05, 0) is 31.0 Å². The lowest BCUT2D eigenvalue weighted by atomic mass is 10.2. The first-order valence-corrected chi connectivity index (χ1v) is 8.55.